The first-order valence-corrected chi connectivity index (χ1v) is 9.23. The molecule has 132 valence electrons. The van der Waals surface area contributed by atoms with Crippen molar-refractivity contribution in [2.24, 2.45) is 0 Å². The van der Waals surface area contributed by atoms with Gasteiger partial charge in [0, 0.05) is 56.9 Å². The number of nitrogens with zero attached hydrogens (tertiary/aromatic N) is 6. The van der Waals surface area contributed by atoms with E-state index in [2.05, 4.69) is 60.0 Å². The van der Waals surface area contributed by atoms with Gasteiger partial charge in [0.05, 0.1) is 5.52 Å². The van der Waals surface area contributed by atoms with Crippen LogP contribution in [0.1, 0.15) is 0 Å². The van der Waals surface area contributed by atoms with E-state index < -0.39 is 0 Å². The van der Waals surface area contributed by atoms with Gasteiger partial charge in [-0.2, -0.15) is 0 Å². The van der Waals surface area contributed by atoms with Crippen LogP contribution >= 0.6 is 0 Å². The Morgan fingerprint density at radius 3 is 2.38 bits per heavy atom. The lowest BCUT2D eigenvalue weighted by molar-refractivity contribution is 0.156. The topological polar surface area (TPSA) is 48.4 Å². The smallest absolute Gasteiger partial charge is 0.139 e. The summed E-state index contributed by atoms with van der Waals surface area (Å²) in [7, 11) is 0. The third kappa shape index (κ3) is 2.76. The molecule has 0 N–H and O–H groups in total. The monoisotopic (exact) mass is 346 g/mol. The zero-order valence-electron chi connectivity index (χ0n) is 14.7. The van der Waals surface area contributed by atoms with E-state index in [1.807, 2.05) is 18.3 Å². The van der Waals surface area contributed by atoms with Crippen molar-refractivity contribution in [1.82, 2.24) is 19.9 Å². The number of para-hydroxylation sites is 1. The largest absolute Gasteiger partial charge is 0.354 e. The van der Waals surface area contributed by atoms with Crippen LogP contribution in [0.15, 0.2) is 55.0 Å². The van der Waals surface area contributed by atoms with Gasteiger partial charge in [-0.3, -0.25) is 4.90 Å². The molecule has 4 heterocycles. The molecule has 3 aromatic rings. The molecule has 0 unspecified atom stereocenters. The quantitative estimate of drug-likeness (QED) is 0.723. The summed E-state index contributed by atoms with van der Waals surface area (Å²) in [5.74, 6) is 2.16. The molecule has 0 radical (unpaired) electrons. The zero-order chi connectivity index (χ0) is 17.3. The number of benzene rings is 1. The number of rotatable bonds is 3. The van der Waals surface area contributed by atoms with Crippen molar-refractivity contribution in [2.75, 3.05) is 49.1 Å². The van der Waals surface area contributed by atoms with Crippen LogP contribution in [0.3, 0.4) is 0 Å². The van der Waals surface area contributed by atoms with Crippen LogP contribution in [0.2, 0.25) is 0 Å². The van der Waals surface area contributed by atoms with E-state index in [0.717, 1.165) is 61.8 Å². The number of aromatic nitrogens is 3. The summed E-state index contributed by atoms with van der Waals surface area (Å²) < 4.78 is 0. The number of fused-ring (bicyclic) bond motifs is 1. The third-order valence-corrected chi connectivity index (χ3v) is 5.49. The molecule has 2 saturated heterocycles. The summed E-state index contributed by atoms with van der Waals surface area (Å²) in [6.07, 6.45) is 3.55. The first-order valence-electron chi connectivity index (χ1n) is 9.23. The molecule has 0 atom stereocenters. The van der Waals surface area contributed by atoms with Crippen molar-refractivity contribution in [3.8, 4) is 0 Å². The van der Waals surface area contributed by atoms with Crippen molar-refractivity contribution in [2.45, 2.75) is 6.04 Å². The van der Waals surface area contributed by atoms with Crippen LogP contribution in [-0.2, 0) is 0 Å². The average molecular weight is 346 g/mol. The van der Waals surface area contributed by atoms with E-state index in [1.165, 1.54) is 0 Å². The van der Waals surface area contributed by atoms with Crippen LogP contribution in [0.5, 0.6) is 0 Å². The molecule has 5 rings (SSSR count). The van der Waals surface area contributed by atoms with E-state index >= 15 is 0 Å². The molecule has 0 aliphatic carbocycles. The Labute approximate surface area is 153 Å². The summed E-state index contributed by atoms with van der Waals surface area (Å²) >= 11 is 0. The molecule has 2 aliphatic heterocycles. The molecule has 0 bridgehead atoms. The van der Waals surface area contributed by atoms with Gasteiger partial charge in [-0.05, 0) is 24.3 Å². The van der Waals surface area contributed by atoms with E-state index in [1.54, 1.807) is 6.33 Å². The van der Waals surface area contributed by atoms with Gasteiger partial charge < -0.3 is 9.80 Å². The van der Waals surface area contributed by atoms with Crippen LogP contribution < -0.4 is 9.80 Å². The zero-order valence-corrected chi connectivity index (χ0v) is 14.7. The lowest BCUT2D eigenvalue weighted by Gasteiger charge is -2.48. The maximum absolute atomic E-state index is 4.54. The molecular formula is C20H22N6. The van der Waals surface area contributed by atoms with Crippen LogP contribution in [-0.4, -0.2) is 65.2 Å². The van der Waals surface area contributed by atoms with Crippen molar-refractivity contribution in [3.05, 3.63) is 55.0 Å². The molecule has 2 aliphatic rings. The second-order valence-electron chi connectivity index (χ2n) is 6.98. The van der Waals surface area contributed by atoms with E-state index in [4.69, 9.17) is 0 Å². The lowest BCUT2D eigenvalue weighted by atomic mass is 10.0. The Morgan fingerprint density at radius 2 is 1.58 bits per heavy atom. The number of anilines is 2. The summed E-state index contributed by atoms with van der Waals surface area (Å²) in [5.41, 5.74) is 1.02. The van der Waals surface area contributed by atoms with Crippen LogP contribution in [0.4, 0.5) is 11.6 Å². The highest BCUT2D eigenvalue weighted by Gasteiger charge is 2.35. The molecule has 2 aromatic heterocycles. The number of hydrogen-bond donors (Lipinski definition) is 0. The number of hydrogen-bond acceptors (Lipinski definition) is 6. The molecular weight excluding hydrogens is 324 g/mol. The standard InChI is InChI=1S/C20H22N6/c1-2-6-18-17(5-1)20(23-15-22-18)26-13-16(14-26)24-9-11-25(12-10-24)19-7-3-4-8-21-19/h1-8,15-16H,9-14H2. The fourth-order valence-corrected chi connectivity index (χ4v) is 3.96. The minimum atomic E-state index is 0.620. The normalized spacial score (nSPS) is 18.9. The summed E-state index contributed by atoms with van der Waals surface area (Å²) in [5, 5.41) is 1.15. The van der Waals surface area contributed by atoms with Gasteiger partial charge in [0.2, 0.25) is 0 Å². The predicted molar refractivity (Wildman–Crippen MR) is 104 cm³/mol. The van der Waals surface area contributed by atoms with Gasteiger partial charge >= 0.3 is 0 Å². The molecule has 0 saturated carbocycles. The van der Waals surface area contributed by atoms with Crippen molar-refractivity contribution in [3.63, 3.8) is 0 Å². The molecule has 0 spiro atoms. The van der Waals surface area contributed by atoms with E-state index in [9.17, 15) is 0 Å². The maximum Gasteiger partial charge on any atom is 0.139 e. The fraction of sp³-hybridized carbons (Fsp3) is 0.350. The van der Waals surface area contributed by atoms with Gasteiger partial charge in [-0.1, -0.05) is 18.2 Å². The molecule has 6 heteroatoms. The Balaban J connectivity index is 1.21. The van der Waals surface area contributed by atoms with Gasteiger partial charge in [-0.25, -0.2) is 15.0 Å². The second-order valence-corrected chi connectivity index (χ2v) is 6.98. The van der Waals surface area contributed by atoms with Crippen LogP contribution in [0, 0.1) is 0 Å². The summed E-state index contributed by atoms with van der Waals surface area (Å²) in [6, 6.07) is 15.0. The molecule has 26 heavy (non-hydrogen) atoms. The summed E-state index contributed by atoms with van der Waals surface area (Å²) in [4.78, 5) is 20.7. The Morgan fingerprint density at radius 1 is 0.769 bits per heavy atom. The Hall–Kier alpha value is -2.73. The minimum Gasteiger partial charge on any atom is -0.354 e. The Kier molecular flexibility index (Phi) is 3.90. The molecule has 1 aromatic carbocycles. The third-order valence-electron chi connectivity index (χ3n) is 5.49. The highest BCUT2D eigenvalue weighted by molar-refractivity contribution is 5.89. The number of piperazine rings is 1. The highest BCUT2D eigenvalue weighted by Crippen LogP contribution is 2.28. The van der Waals surface area contributed by atoms with Gasteiger partial charge in [0.25, 0.3) is 0 Å². The summed E-state index contributed by atoms with van der Waals surface area (Å²) in [6.45, 7) is 6.38. The first-order chi connectivity index (χ1) is 12.9. The van der Waals surface area contributed by atoms with Gasteiger partial charge in [0.15, 0.2) is 0 Å². The molecule has 6 nitrogen and oxygen atoms in total. The highest BCUT2D eigenvalue weighted by atomic mass is 15.4. The fourth-order valence-electron chi connectivity index (χ4n) is 3.96. The van der Waals surface area contributed by atoms with Gasteiger partial charge in [-0.15, -0.1) is 0 Å². The van der Waals surface area contributed by atoms with Crippen molar-refractivity contribution >= 4 is 22.5 Å². The molecule has 2 fully saturated rings. The van der Waals surface area contributed by atoms with E-state index in [0.29, 0.717) is 6.04 Å². The Bertz CT molecular complexity index is 880. The van der Waals surface area contributed by atoms with Crippen molar-refractivity contribution in [1.29, 1.82) is 0 Å². The first kappa shape index (κ1) is 15.5. The van der Waals surface area contributed by atoms with Gasteiger partial charge in [0.1, 0.15) is 18.0 Å². The maximum atomic E-state index is 4.54. The predicted octanol–water partition coefficient (Wildman–Crippen LogP) is 2.04. The van der Waals surface area contributed by atoms with Crippen molar-refractivity contribution < 1.29 is 0 Å². The van der Waals surface area contributed by atoms with Crippen LogP contribution in [0.25, 0.3) is 10.9 Å². The van der Waals surface area contributed by atoms with E-state index in [-0.39, 0.29) is 0 Å². The molecule has 0 amide bonds. The lowest BCUT2D eigenvalue weighted by Crippen LogP contribution is -2.63. The second kappa shape index (κ2) is 6.53. The minimum absolute atomic E-state index is 0.620. The average Bonchev–Trinajstić information content (AvgIpc) is 2.68. The SMILES string of the molecule is c1ccc(N2CCN(C3CN(c4ncnc5ccccc45)C3)CC2)nc1. The number of pyridine rings is 1.